The number of hydrogen-bond donors (Lipinski definition) is 1. The van der Waals surface area contributed by atoms with Gasteiger partial charge in [-0.05, 0) is 19.3 Å². The Morgan fingerprint density at radius 1 is 1.48 bits per heavy atom. The number of likely N-dealkylation sites (tertiary alicyclic amines) is 1. The molecule has 1 atom stereocenters. The monoisotopic (exact) mass is 349 g/mol. The van der Waals surface area contributed by atoms with Crippen molar-refractivity contribution in [3.05, 3.63) is 16.1 Å². The lowest BCUT2D eigenvalue weighted by Crippen LogP contribution is -2.48. The van der Waals surface area contributed by atoms with E-state index in [1.807, 2.05) is 12.2 Å². The van der Waals surface area contributed by atoms with Crippen molar-refractivity contribution in [2.24, 2.45) is 0 Å². The second-order valence-corrected chi connectivity index (χ2v) is 6.28. The van der Waals surface area contributed by atoms with Crippen LogP contribution in [0.2, 0.25) is 0 Å². The van der Waals surface area contributed by atoms with E-state index in [1.54, 1.807) is 5.38 Å². The molecule has 2 heterocycles. The first kappa shape index (κ1) is 17.7. The average Bonchev–Trinajstić information content (AvgIpc) is 3.12. The molecule has 0 unspecified atom stereocenters. The molecule has 9 heteroatoms. The van der Waals surface area contributed by atoms with Crippen LogP contribution in [0.4, 0.5) is 13.2 Å². The Kier molecular flexibility index (Phi) is 5.61. The molecule has 128 valence electrons. The highest BCUT2D eigenvalue weighted by atomic mass is 32.1. The maximum absolute atomic E-state index is 12.3. The van der Waals surface area contributed by atoms with Crippen LogP contribution in [0.25, 0.3) is 0 Å². The molecule has 1 aromatic heterocycles. The summed E-state index contributed by atoms with van der Waals surface area (Å²) in [5, 5.41) is 4.58. The Bertz CT molecular complexity index is 574. The molecule has 0 aromatic carbocycles. The van der Waals surface area contributed by atoms with E-state index in [4.69, 9.17) is 0 Å². The van der Waals surface area contributed by atoms with Gasteiger partial charge in [0, 0.05) is 11.9 Å². The van der Waals surface area contributed by atoms with Gasteiger partial charge in [0.25, 0.3) is 0 Å². The summed E-state index contributed by atoms with van der Waals surface area (Å²) in [5.74, 6) is -1.02. The van der Waals surface area contributed by atoms with E-state index in [0.717, 1.165) is 11.4 Å². The van der Waals surface area contributed by atoms with Crippen molar-refractivity contribution >= 4 is 23.2 Å². The summed E-state index contributed by atoms with van der Waals surface area (Å²) in [5.41, 5.74) is 0.637. The number of thiazole rings is 1. The topological polar surface area (TPSA) is 62.3 Å². The lowest BCUT2D eigenvalue weighted by Gasteiger charge is -2.24. The van der Waals surface area contributed by atoms with Crippen molar-refractivity contribution in [2.45, 2.75) is 44.8 Å². The van der Waals surface area contributed by atoms with Crippen molar-refractivity contribution in [2.75, 3.05) is 13.1 Å². The molecular formula is C14H18F3N3O2S. The predicted octanol–water partition coefficient (Wildman–Crippen LogP) is 1.92. The van der Waals surface area contributed by atoms with Gasteiger partial charge >= 0.3 is 6.18 Å². The molecule has 23 heavy (non-hydrogen) atoms. The van der Waals surface area contributed by atoms with Gasteiger partial charge < -0.3 is 10.2 Å². The number of carbonyl (C=O) groups excluding carboxylic acids is 2. The first-order chi connectivity index (χ1) is 10.8. The number of nitrogens with one attached hydrogen (secondary N) is 1. The molecule has 1 aliphatic heterocycles. The van der Waals surface area contributed by atoms with Crippen LogP contribution < -0.4 is 5.32 Å². The Hall–Kier alpha value is -1.64. The van der Waals surface area contributed by atoms with Gasteiger partial charge in [-0.15, -0.1) is 11.3 Å². The van der Waals surface area contributed by atoms with Crippen LogP contribution in [-0.2, 0) is 22.4 Å². The van der Waals surface area contributed by atoms with Gasteiger partial charge in [0.2, 0.25) is 11.8 Å². The van der Waals surface area contributed by atoms with Gasteiger partial charge in [-0.3, -0.25) is 9.59 Å². The van der Waals surface area contributed by atoms with Gasteiger partial charge in [-0.2, -0.15) is 13.2 Å². The van der Waals surface area contributed by atoms with Gasteiger partial charge in [-0.25, -0.2) is 4.98 Å². The second-order valence-electron chi connectivity index (χ2n) is 5.34. The number of halogens is 3. The normalized spacial score (nSPS) is 18.3. The molecule has 1 N–H and O–H groups in total. The molecule has 5 nitrogen and oxygen atoms in total. The van der Waals surface area contributed by atoms with Crippen molar-refractivity contribution in [1.82, 2.24) is 15.2 Å². The summed E-state index contributed by atoms with van der Waals surface area (Å²) in [6.45, 7) is 0.968. The number of hydrogen-bond acceptors (Lipinski definition) is 4. The minimum absolute atomic E-state index is 0.0690. The molecule has 1 fully saturated rings. The fraction of sp³-hybridized carbons (Fsp3) is 0.643. The summed E-state index contributed by atoms with van der Waals surface area (Å²) in [6, 6.07) is -0.825. The first-order valence-electron chi connectivity index (χ1n) is 7.37. The molecule has 1 saturated heterocycles. The van der Waals surface area contributed by atoms with E-state index in [0.29, 0.717) is 25.1 Å². The van der Waals surface area contributed by atoms with Crippen LogP contribution in [0, 0.1) is 0 Å². The zero-order valence-corrected chi connectivity index (χ0v) is 13.5. The lowest BCUT2D eigenvalue weighted by atomic mass is 10.2. The van der Waals surface area contributed by atoms with E-state index < -0.39 is 24.7 Å². The number of rotatable bonds is 5. The predicted molar refractivity (Wildman–Crippen MR) is 79.0 cm³/mol. The molecule has 0 radical (unpaired) electrons. The Morgan fingerprint density at radius 2 is 2.22 bits per heavy atom. The number of aromatic nitrogens is 1. The fourth-order valence-electron chi connectivity index (χ4n) is 2.49. The molecule has 0 saturated carbocycles. The fourth-order valence-corrected chi connectivity index (χ4v) is 3.24. The molecule has 2 rings (SSSR count). The maximum Gasteiger partial charge on any atom is 0.405 e. The summed E-state index contributed by atoms with van der Waals surface area (Å²) < 4.78 is 36.5. The summed E-state index contributed by atoms with van der Waals surface area (Å²) in [6.07, 6.45) is -2.62. The smallest absolute Gasteiger partial charge is 0.345 e. The number of carbonyl (C=O) groups is 2. The summed E-state index contributed by atoms with van der Waals surface area (Å²) in [7, 11) is 0. The van der Waals surface area contributed by atoms with E-state index in [1.165, 1.54) is 16.2 Å². The zero-order chi connectivity index (χ0) is 17.0. The van der Waals surface area contributed by atoms with Crippen molar-refractivity contribution in [3.8, 4) is 0 Å². The third-order valence-electron chi connectivity index (χ3n) is 3.57. The van der Waals surface area contributed by atoms with Crippen LogP contribution in [0.5, 0.6) is 0 Å². The Morgan fingerprint density at radius 3 is 2.83 bits per heavy atom. The Labute approximate surface area is 135 Å². The van der Waals surface area contributed by atoms with E-state index in [2.05, 4.69) is 4.98 Å². The molecule has 2 amide bonds. The highest BCUT2D eigenvalue weighted by Gasteiger charge is 2.36. The number of nitrogens with zero attached hydrogens (tertiary/aromatic N) is 2. The van der Waals surface area contributed by atoms with Crippen LogP contribution >= 0.6 is 11.3 Å². The van der Waals surface area contributed by atoms with Crippen molar-refractivity contribution in [3.63, 3.8) is 0 Å². The molecule has 0 aliphatic carbocycles. The van der Waals surface area contributed by atoms with E-state index in [9.17, 15) is 22.8 Å². The van der Waals surface area contributed by atoms with E-state index >= 15 is 0 Å². The molecule has 1 aliphatic rings. The average molecular weight is 349 g/mol. The quantitative estimate of drug-likeness (QED) is 0.883. The minimum Gasteiger partial charge on any atom is -0.345 e. The van der Waals surface area contributed by atoms with Crippen LogP contribution in [0.1, 0.15) is 30.5 Å². The molecule has 0 spiro atoms. The van der Waals surface area contributed by atoms with Crippen molar-refractivity contribution in [1.29, 1.82) is 0 Å². The zero-order valence-electron chi connectivity index (χ0n) is 12.7. The van der Waals surface area contributed by atoms with Gasteiger partial charge in [0.1, 0.15) is 12.6 Å². The van der Waals surface area contributed by atoms with Crippen LogP contribution in [0.15, 0.2) is 5.38 Å². The van der Waals surface area contributed by atoms with Gasteiger partial charge in [0.15, 0.2) is 0 Å². The lowest BCUT2D eigenvalue weighted by molar-refractivity contribution is -0.144. The minimum atomic E-state index is -4.46. The SMILES string of the molecule is CCc1nc(CC(=O)N2CCC[C@@H]2C(=O)NCC(F)(F)F)cs1. The van der Waals surface area contributed by atoms with Gasteiger partial charge in [-0.1, -0.05) is 6.92 Å². The summed E-state index contributed by atoms with van der Waals surface area (Å²) in [4.78, 5) is 29.9. The van der Waals surface area contributed by atoms with Crippen LogP contribution in [-0.4, -0.2) is 47.0 Å². The Balaban J connectivity index is 1.94. The molecular weight excluding hydrogens is 331 g/mol. The van der Waals surface area contributed by atoms with E-state index in [-0.39, 0.29) is 12.3 Å². The first-order valence-corrected chi connectivity index (χ1v) is 8.25. The largest absolute Gasteiger partial charge is 0.405 e. The highest BCUT2D eigenvalue weighted by molar-refractivity contribution is 7.09. The number of amides is 2. The standard InChI is InChI=1S/C14H18F3N3O2S/c1-2-11-19-9(7-23-11)6-12(21)20-5-3-4-10(20)13(22)18-8-14(15,16)17/h7,10H,2-6,8H2,1H3,(H,18,22)/t10-/m1/s1. The van der Waals surface area contributed by atoms with Crippen LogP contribution in [0.3, 0.4) is 0 Å². The van der Waals surface area contributed by atoms with Crippen molar-refractivity contribution < 1.29 is 22.8 Å². The maximum atomic E-state index is 12.3. The molecule has 0 bridgehead atoms. The third kappa shape index (κ3) is 4.92. The van der Waals surface area contributed by atoms with Gasteiger partial charge in [0.05, 0.1) is 17.1 Å². The number of alkyl halides is 3. The number of aryl methyl sites for hydroxylation is 1. The third-order valence-corrected chi connectivity index (χ3v) is 4.61. The second kappa shape index (κ2) is 7.29. The summed E-state index contributed by atoms with van der Waals surface area (Å²) >= 11 is 1.47. The molecule has 1 aromatic rings. The highest BCUT2D eigenvalue weighted by Crippen LogP contribution is 2.20.